The first-order valence-electron chi connectivity index (χ1n) is 6.73. The van der Waals surface area contributed by atoms with Crippen LogP contribution < -0.4 is 0 Å². The Labute approximate surface area is 112 Å². The summed E-state index contributed by atoms with van der Waals surface area (Å²) >= 11 is 0. The van der Waals surface area contributed by atoms with Crippen molar-refractivity contribution in [1.29, 1.82) is 0 Å². The highest BCUT2D eigenvalue weighted by atomic mass is 15.2. The first kappa shape index (κ1) is 11.9. The van der Waals surface area contributed by atoms with Crippen molar-refractivity contribution in [2.45, 2.75) is 26.2 Å². The molecular weight excluding hydrogens is 234 g/mol. The minimum atomic E-state index is 0.804. The van der Waals surface area contributed by atoms with Gasteiger partial charge in [-0.05, 0) is 22.8 Å². The summed E-state index contributed by atoms with van der Waals surface area (Å²) in [5.41, 5.74) is 1.29. The van der Waals surface area contributed by atoms with Crippen LogP contribution in [0.1, 0.15) is 30.6 Å². The van der Waals surface area contributed by atoms with Crippen molar-refractivity contribution in [3.8, 4) is 0 Å². The number of fused-ring (bicyclic) bond motifs is 1. The highest BCUT2D eigenvalue weighted by Crippen LogP contribution is 2.20. The van der Waals surface area contributed by atoms with Crippen LogP contribution in [0.5, 0.6) is 0 Å². The third-order valence-electron chi connectivity index (χ3n) is 3.29. The molecule has 0 spiro atoms. The standard InChI is InChI=1S/C16H17N3/c1-2-6-15-17-16(19-18-15)11-13-9-5-8-12-7-3-4-10-14(12)13/h3-5,7-10H,2,6,11H2,1H3,(H,17,18,19). The van der Waals surface area contributed by atoms with Crippen molar-refractivity contribution in [3.63, 3.8) is 0 Å². The van der Waals surface area contributed by atoms with E-state index in [0.29, 0.717) is 0 Å². The fraction of sp³-hybridized carbons (Fsp3) is 0.250. The van der Waals surface area contributed by atoms with Crippen LogP contribution in [0.3, 0.4) is 0 Å². The molecule has 0 aliphatic carbocycles. The molecule has 0 radical (unpaired) electrons. The summed E-state index contributed by atoms with van der Waals surface area (Å²) in [7, 11) is 0. The van der Waals surface area contributed by atoms with E-state index in [-0.39, 0.29) is 0 Å². The number of aromatic amines is 1. The molecule has 3 heteroatoms. The van der Waals surface area contributed by atoms with Crippen molar-refractivity contribution in [2.75, 3.05) is 0 Å². The van der Waals surface area contributed by atoms with E-state index >= 15 is 0 Å². The predicted molar refractivity (Wildman–Crippen MR) is 77.1 cm³/mol. The van der Waals surface area contributed by atoms with E-state index in [9.17, 15) is 0 Å². The number of benzene rings is 2. The third-order valence-corrected chi connectivity index (χ3v) is 3.29. The lowest BCUT2D eigenvalue weighted by Crippen LogP contribution is -1.93. The Hall–Kier alpha value is -2.16. The van der Waals surface area contributed by atoms with Crippen LogP contribution >= 0.6 is 0 Å². The van der Waals surface area contributed by atoms with Crippen molar-refractivity contribution in [1.82, 2.24) is 15.2 Å². The van der Waals surface area contributed by atoms with Gasteiger partial charge in [-0.2, -0.15) is 5.10 Å². The van der Waals surface area contributed by atoms with Crippen LogP contribution in [0, 0.1) is 0 Å². The summed E-state index contributed by atoms with van der Waals surface area (Å²) in [4.78, 5) is 4.54. The minimum Gasteiger partial charge on any atom is -0.263 e. The summed E-state index contributed by atoms with van der Waals surface area (Å²) in [6.45, 7) is 2.14. The number of H-pyrrole nitrogens is 1. The number of nitrogens with zero attached hydrogens (tertiary/aromatic N) is 2. The second-order valence-electron chi connectivity index (χ2n) is 4.76. The monoisotopic (exact) mass is 251 g/mol. The van der Waals surface area contributed by atoms with Crippen molar-refractivity contribution in [3.05, 3.63) is 59.7 Å². The Balaban J connectivity index is 1.92. The SMILES string of the molecule is CCCc1n[nH]c(Cc2cccc3ccccc23)n1. The van der Waals surface area contributed by atoms with E-state index in [1.54, 1.807) is 0 Å². The lowest BCUT2D eigenvalue weighted by molar-refractivity contribution is 0.841. The Bertz CT molecular complexity index is 680. The summed E-state index contributed by atoms with van der Waals surface area (Å²) in [5, 5.41) is 9.85. The van der Waals surface area contributed by atoms with Gasteiger partial charge in [0.25, 0.3) is 0 Å². The number of rotatable bonds is 4. The van der Waals surface area contributed by atoms with E-state index in [1.807, 2.05) is 0 Å². The summed E-state index contributed by atoms with van der Waals surface area (Å²) < 4.78 is 0. The van der Waals surface area contributed by atoms with E-state index in [2.05, 4.69) is 64.6 Å². The zero-order valence-electron chi connectivity index (χ0n) is 11.1. The molecule has 1 heterocycles. The van der Waals surface area contributed by atoms with Gasteiger partial charge in [-0.1, -0.05) is 49.4 Å². The first-order valence-corrected chi connectivity index (χ1v) is 6.73. The maximum atomic E-state index is 4.54. The van der Waals surface area contributed by atoms with Gasteiger partial charge in [0, 0.05) is 12.8 Å². The molecule has 2 aromatic carbocycles. The lowest BCUT2D eigenvalue weighted by Gasteiger charge is -2.04. The Morgan fingerprint density at radius 3 is 2.79 bits per heavy atom. The summed E-state index contributed by atoms with van der Waals surface area (Å²) in [6, 6.07) is 14.8. The molecule has 0 amide bonds. The molecule has 0 aliphatic rings. The van der Waals surface area contributed by atoms with E-state index in [0.717, 1.165) is 30.9 Å². The molecule has 0 fully saturated rings. The van der Waals surface area contributed by atoms with Gasteiger partial charge in [0.2, 0.25) is 0 Å². The number of nitrogens with one attached hydrogen (secondary N) is 1. The van der Waals surface area contributed by atoms with Gasteiger partial charge in [0.15, 0.2) is 5.82 Å². The zero-order valence-corrected chi connectivity index (χ0v) is 11.1. The number of hydrogen-bond donors (Lipinski definition) is 1. The predicted octanol–water partition coefficient (Wildman–Crippen LogP) is 3.50. The maximum Gasteiger partial charge on any atom is 0.150 e. The third kappa shape index (κ3) is 2.50. The van der Waals surface area contributed by atoms with Crippen molar-refractivity contribution in [2.24, 2.45) is 0 Å². The van der Waals surface area contributed by atoms with Gasteiger partial charge in [-0.15, -0.1) is 0 Å². The number of hydrogen-bond acceptors (Lipinski definition) is 2. The molecule has 1 N–H and O–H groups in total. The van der Waals surface area contributed by atoms with E-state index in [1.165, 1.54) is 16.3 Å². The highest BCUT2D eigenvalue weighted by Gasteiger charge is 2.06. The molecule has 0 unspecified atom stereocenters. The van der Waals surface area contributed by atoms with Crippen LogP contribution in [0.2, 0.25) is 0 Å². The van der Waals surface area contributed by atoms with E-state index < -0.39 is 0 Å². The quantitative estimate of drug-likeness (QED) is 0.771. The molecule has 19 heavy (non-hydrogen) atoms. The molecule has 0 aliphatic heterocycles. The van der Waals surface area contributed by atoms with Gasteiger partial charge < -0.3 is 0 Å². The van der Waals surface area contributed by atoms with Crippen molar-refractivity contribution >= 4 is 10.8 Å². The second kappa shape index (κ2) is 5.22. The molecule has 0 saturated carbocycles. The fourth-order valence-electron chi connectivity index (χ4n) is 2.38. The largest absolute Gasteiger partial charge is 0.263 e. The van der Waals surface area contributed by atoms with E-state index in [4.69, 9.17) is 0 Å². The van der Waals surface area contributed by atoms with Crippen LogP contribution in [0.15, 0.2) is 42.5 Å². The fourth-order valence-corrected chi connectivity index (χ4v) is 2.38. The molecule has 3 rings (SSSR count). The Morgan fingerprint density at radius 2 is 1.89 bits per heavy atom. The molecular formula is C16H17N3. The Morgan fingerprint density at radius 1 is 1.05 bits per heavy atom. The van der Waals surface area contributed by atoms with Gasteiger partial charge in [0.1, 0.15) is 5.82 Å². The Kier molecular flexibility index (Phi) is 3.27. The van der Waals surface area contributed by atoms with Crippen molar-refractivity contribution < 1.29 is 0 Å². The molecule has 3 nitrogen and oxygen atoms in total. The first-order chi connectivity index (χ1) is 9.36. The number of aromatic nitrogens is 3. The smallest absolute Gasteiger partial charge is 0.150 e. The number of aryl methyl sites for hydroxylation is 1. The summed E-state index contributed by atoms with van der Waals surface area (Å²) in [5.74, 6) is 1.86. The van der Waals surface area contributed by atoms with Gasteiger partial charge in [-0.25, -0.2) is 4.98 Å². The van der Waals surface area contributed by atoms with Crippen LogP contribution in [-0.4, -0.2) is 15.2 Å². The molecule has 0 saturated heterocycles. The minimum absolute atomic E-state index is 0.804. The van der Waals surface area contributed by atoms with Gasteiger partial charge in [-0.3, -0.25) is 5.10 Å². The van der Waals surface area contributed by atoms with Crippen LogP contribution in [0.4, 0.5) is 0 Å². The normalized spacial score (nSPS) is 11.0. The molecule has 0 atom stereocenters. The topological polar surface area (TPSA) is 41.6 Å². The summed E-state index contributed by atoms with van der Waals surface area (Å²) in [6.07, 6.45) is 2.82. The lowest BCUT2D eigenvalue weighted by atomic mass is 10.0. The maximum absolute atomic E-state index is 4.54. The highest BCUT2D eigenvalue weighted by molar-refractivity contribution is 5.85. The zero-order chi connectivity index (χ0) is 13.1. The average Bonchev–Trinajstić information content (AvgIpc) is 2.87. The van der Waals surface area contributed by atoms with Crippen LogP contribution in [0.25, 0.3) is 10.8 Å². The molecule has 0 bridgehead atoms. The van der Waals surface area contributed by atoms with Gasteiger partial charge in [0.05, 0.1) is 0 Å². The second-order valence-corrected chi connectivity index (χ2v) is 4.76. The molecule has 3 aromatic rings. The molecule has 96 valence electrons. The average molecular weight is 251 g/mol. The van der Waals surface area contributed by atoms with Gasteiger partial charge >= 0.3 is 0 Å². The molecule has 1 aromatic heterocycles. The van der Waals surface area contributed by atoms with Crippen LogP contribution in [-0.2, 0) is 12.8 Å².